The molecule has 2 aromatic heterocycles. The number of hydrogen-bond acceptors (Lipinski definition) is 4. The molecular formula is C22H19FN4O2S. The molecule has 0 saturated heterocycles. The van der Waals surface area contributed by atoms with E-state index >= 15 is 0 Å². The minimum Gasteiger partial charge on any atom is -0.350 e. The number of thiazole rings is 1. The van der Waals surface area contributed by atoms with E-state index in [4.69, 9.17) is 0 Å². The lowest BCUT2D eigenvalue weighted by atomic mass is 10.1. The molecule has 0 unspecified atom stereocenters. The van der Waals surface area contributed by atoms with Gasteiger partial charge in [-0.3, -0.25) is 14.2 Å². The summed E-state index contributed by atoms with van der Waals surface area (Å²) in [5.74, 6) is -0.594. The molecule has 2 heterocycles. The van der Waals surface area contributed by atoms with Gasteiger partial charge in [0.2, 0.25) is 5.91 Å². The summed E-state index contributed by atoms with van der Waals surface area (Å²) in [6.07, 6.45) is 1.84. The Hall–Kier alpha value is -3.52. The van der Waals surface area contributed by atoms with Crippen molar-refractivity contribution in [1.29, 1.82) is 0 Å². The minimum absolute atomic E-state index is 0.0349. The summed E-state index contributed by atoms with van der Waals surface area (Å²) in [4.78, 5) is 24.1. The molecule has 0 aliphatic heterocycles. The van der Waals surface area contributed by atoms with Crippen LogP contribution in [0.1, 0.15) is 11.3 Å². The molecule has 6 nitrogen and oxygen atoms in total. The van der Waals surface area contributed by atoms with Crippen molar-refractivity contribution < 1.29 is 9.18 Å². The largest absolute Gasteiger partial charge is 0.350 e. The molecule has 30 heavy (non-hydrogen) atoms. The highest BCUT2D eigenvalue weighted by molar-refractivity contribution is 7.07. The average molecular weight is 422 g/mol. The Kier molecular flexibility index (Phi) is 5.58. The van der Waals surface area contributed by atoms with Gasteiger partial charge in [0.15, 0.2) is 0 Å². The number of rotatable bonds is 6. The van der Waals surface area contributed by atoms with Crippen molar-refractivity contribution >= 4 is 17.2 Å². The number of para-hydroxylation sites is 1. The van der Waals surface area contributed by atoms with Crippen LogP contribution >= 0.6 is 11.3 Å². The monoisotopic (exact) mass is 422 g/mol. The normalized spacial score (nSPS) is 10.9. The number of nitrogens with one attached hydrogen (secondary N) is 1. The molecule has 0 bridgehead atoms. The zero-order valence-corrected chi connectivity index (χ0v) is 17.0. The van der Waals surface area contributed by atoms with Gasteiger partial charge >= 0.3 is 4.87 Å². The van der Waals surface area contributed by atoms with Gasteiger partial charge in [0.1, 0.15) is 12.4 Å². The molecule has 2 aromatic carbocycles. The van der Waals surface area contributed by atoms with Crippen LogP contribution in [0.5, 0.6) is 0 Å². The second-order valence-electron chi connectivity index (χ2n) is 6.80. The van der Waals surface area contributed by atoms with E-state index in [0.717, 1.165) is 33.8 Å². The van der Waals surface area contributed by atoms with Gasteiger partial charge in [-0.15, -0.1) is 0 Å². The van der Waals surface area contributed by atoms with E-state index in [-0.39, 0.29) is 29.7 Å². The molecule has 0 aliphatic carbocycles. The van der Waals surface area contributed by atoms with E-state index in [1.165, 1.54) is 16.7 Å². The van der Waals surface area contributed by atoms with Crippen molar-refractivity contribution in [3.63, 3.8) is 0 Å². The van der Waals surface area contributed by atoms with E-state index in [1.807, 2.05) is 36.5 Å². The Morgan fingerprint density at radius 3 is 2.53 bits per heavy atom. The molecule has 0 aliphatic rings. The molecular weight excluding hydrogens is 403 g/mol. The molecule has 0 fully saturated rings. The topological polar surface area (TPSA) is 68.9 Å². The van der Waals surface area contributed by atoms with E-state index in [1.54, 1.807) is 29.1 Å². The number of carbonyl (C=O) groups excluding carboxylic acids is 1. The van der Waals surface area contributed by atoms with Crippen molar-refractivity contribution in [2.24, 2.45) is 0 Å². The Bertz CT molecular complexity index is 1230. The molecule has 0 radical (unpaired) electrons. The molecule has 1 amide bonds. The maximum Gasteiger partial charge on any atom is 0.307 e. The van der Waals surface area contributed by atoms with Crippen molar-refractivity contribution in [3.8, 4) is 16.9 Å². The number of aryl methyl sites for hydroxylation is 1. The lowest BCUT2D eigenvalue weighted by Crippen LogP contribution is -2.30. The van der Waals surface area contributed by atoms with Crippen LogP contribution in [0.25, 0.3) is 16.9 Å². The van der Waals surface area contributed by atoms with Gasteiger partial charge in [0.25, 0.3) is 0 Å². The second kappa shape index (κ2) is 8.46. The van der Waals surface area contributed by atoms with E-state index in [2.05, 4.69) is 10.4 Å². The molecule has 0 saturated carbocycles. The van der Waals surface area contributed by atoms with Crippen LogP contribution < -0.4 is 10.2 Å². The lowest BCUT2D eigenvalue weighted by molar-refractivity contribution is -0.121. The van der Waals surface area contributed by atoms with Crippen molar-refractivity contribution in [3.05, 3.63) is 92.9 Å². The van der Waals surface area contributed by atoms with Gasteiger partial charge < -0.3 is 5.32 Å². The Morgan fingerprint density at radius 2 is 1.87 bits per heavy atom. The summed E-state index contributed by atoms with van der Waals surface area (Å²) in [5, 5.41) is 9.24. The molecule has 0 atom stereocenters. The van der Waals surface area contributed by atoms with Gasteiger partial charge in [-0.25, -0.2) is 9.07 Å². The van der Waals surface area contributed by atoms with Crippen LogP contribution in [-0.4, -0.2) is 20.3 Å². The van der Waals surface area contributed by atoms with Crippen LogP contribution in [0.3, 0.4) is 0 Å². The number of aromatic nitrogens is 3. The SMILES string of the molecule is Cc1csc(=O)n1CC(=O)NCc1cn(-c2ccccc2)nc1-c1ccc(F)cc1. The van der Waals surface area contributed by atoms with Gasteiger partial charge in [-0.2, -0.15) is 5.10 Å². The molecule has 4 aromatic rings. The zero-order valence-electron chi connectivity index (χ0n) is 16.2. The first-order chi connectivity index (χ1) is 14.5. The van der Waals surface area contributed by atoms with E-state index in [0.29, 0.717) is 5.69 Å². The van der Waals surface area contributed by atoms with Crippen LogP contribution in [0.4, 0.5) is 4.39 Å². The number of carbonyl (C=O) groups is 1. The number of nitrogens with zero attached hydrogens (tertiary/aromatic N) is 3. The summed E-state index contributed by atoms with van der Waals surface area (Å²) >= 11 is 1.07. The highest BCUT2D eigenvalue weighted by Gasteiger charge is 2.14. The quantitative estimate of drug-likeness (QED) is 0.517. The number of amides is 1. The first-order valence-corrected chi connectivity index (χ1v) is 10.2. The van der Waals surface area contributed by atoms with E-state index < -0.39 is 0 Å². The van der Waals surface area contributed by atoms with Crippen LogP contribution in [-0.2, 0) is 17.9 Å². The fourth-order valence-corrected chi connectivity index (χ4v) is 3.83. The van der Waals surface area contributed by atoms with Crippen LogP contribution in [0.2, 0.25) is 0 Å². The van der Waals surface area contributed by atoms with Crippen molar-refractivity contribution in [2.45, 2.75) is 20.0 Å². The predicted molar refractivity (Wildman–Crippen MR) is 114 cm³/mol. The molecule has 8 heteroatoms. The molecule has 152 valence electrons. The summed E-state index contributed by atoms with van der Waals surface area (Å²) in [6, 6.07) is 15.7. The van der Waals surface area contributed by atoms with Crippen molar-refractivity contribution in [2.75, 3.05) is 0 Å². The average Bonchev–Trinajstić information content (AvgIpc) is 3.32. The summed E-state index contributed by atoms with van der Waals surface area (Å²) < 4.78 is 16.5. The molecule has 0 spiro atoms. The minimum atomic E-state index is -0.326. The first kappa shape index (κ1) is 19.8. The fourth-order valence-electron chi connectivity index (χ4n) is 3.09. The zero-order chi connectivity index (χ0) is 21.1. The maximum atomic E-state index is 13.4. The summed E-state index contributed by atoms with van der Waals surface area (Å²) in [7, 11) is 0. The van der Waals surface area contributed by atoms with E-state index in [9.17, 15) is 14.0 Å². The third-order valence-electron chi connectivity index (χ3n) is 4.68. The highest BCUT2D eigenvalue weighted by atomic mass is 32.1. The number of halogens is 1. The smallest absolute Gasteiger partial charge is 0.307 e. The second-order valence-corrected chi connectivity index (χ2v) is 7.62. The summed E-state index contributed by atoms with van der Waals surface area (Å²) in [6.45, 7) is 1.99. The fraction of sp³-hybridized carbons (Fsp3) is 0.136. The Balaban J connectivity index is 1.59. The third kappa shape index (κ3) is 4.23. The van der Waals surface area contributed by atoms with Gasteiger partial charge in [0.05, 0.1) is 11.4 Å². The third-order valence-corrected chi connectivity index (χ3v) is 5.56. The van der Waals surface area contributed by atoms with Crippen molar-refractivity contribution in [1.82, 2.24) is 19.7 Å². The van der Waals surface area contributed by atoms with Gasteiger partial charge in [-0.1, -0.05) is 29.5 Å². The molecule has 4 rings (SSSR count). The number of hydrogen-bond donors (Lipinski definition) is 1. The molecule has 1 N–H and O–H groups in total. The van der Waals surface area contributed by atoms with Crippen LogP contribution in [0.15, 0.2) is 71.0 Å². The lowest BCUT2D eigenvalue weighted by Gasteiger charge is -2.07. The standard InChI is InChI=1S/C22H19FN4O2S/c1-15-14-30-22(29)26(15)13-20(28)24-11-17-12-27(19-5-3-2-4-6-19)25-21(17)16-7-9-18(23)10-8-16/h2-10,12,14H,11,13H2,1H3,(H,24,28). The predicted octanol–water partition coefficient (Wildman–Crippen LogP) is 3.53. The first-order valence-electron chi connectivity index (χ1n) is 9.33. The number of benzene rings is 2. The van der Waals surface area contributed by atoms with Crippen LogP contribution in [0, 0.1) is 12.7 Å². The highest BCUT2D eigenvalue weighted by Crippen LogP contribution is 2.24. The van der Waals surface area contributed by atoms with Gasteiger partial charge in [-0.05, 0) is 43.3 Å². The maximum absolute atomic E-state index is 13.4. The van der Waals surface area contributed by atoms with Gasteiger partial charge in [0, 0.05) is 34.9 Å². The Labute approximate surface area is 176 Å². The Morgan fingerprint density at radius 1 is 1.13 bits per heavy atom. The summed E-state index contributed by atoms with van der Waals surface area (Å²) in [5.41, 5.74) is 3.82.